The fourth-order valence-corrected chi connectivity index (χ4v) is 2.98. The van der Waals surface area contributed by atoms with Crippen molar-refractivity contribution >= 4 is 46.7 Å². The van der Waals surface area contributed by atoms with Crippen molar-refractivity contribution in [1.82, 2.24) is 5.32 Å². The van der Waals surface area contributed by atoms with E-state index in [9.17, 15) is 14.4 Å². The molecule has 0 unspecified atom stereocenters. The van der Waals surface area contributed by atoms with Crippen molar-refractivity contribution < 1.29 is 23.9 Å². The predicted octanol–water partition coefficient (Wildman–Crippen LogP) is 2.69. The molecule has 0 saturated carbocycles. The molecule has 0 radical (unpaired) electrons. The summed E-state index contributed by atoms with van der Waals surface area (Å²) < 4.78 is 10.7. The molecule has 1 aliphatic rings. The molecule has 0 aliphatic carbocycles. The highest BCUT2D eigenvalue weighted by Crippen LogP contribution is 2.33. The molecule has 0 fully saturated rings. The summed E-state index contributed by atoms with van der Waals surface area (Å²) in [7, 11) is 1.48. The van der Waals surface area contributed by atoms with E-state index in [1.54, 1.807) is 24.3 Å². The van der Waals surface area contributed by atoms with Gasteiger partial charge < -0.3 is 19.7 Å². The quantitative estimate of drug-likeness (QED) is 0.765. The number of hydrogen-bond acceptors (Lipinski definition) is 5. The summed E-state index contributed by atoms with van der Waals surface area (Å²) in [4.78, 5) is 38.2. The summed E-state index contributed by atoms with van der Waals surface area (Å²) in [5.41, 5.74) is 0.672. The van der Waals surface area contributed by atoms with E-state index in [1.165, 1.54) is 30.1 Å². The maximum atomic E-state index is 12.7. The molecule has 0 bridgehead atoms. The second-order valence-electron chi connectivity index (χ2n) is 5.90. The minimum Gasteiger partial charge on any atom is -0.477 e. The first-order chi connectivity index (χ1) is 13.4. The normalized spacial score (nSPS) is 15.2. The second-order valence-corrected chi connectivity index (χ2v) is 6.71. The minimum atomic E-state index is -0.866. The highest BCUT2D eigenvalue weighted by molar-refractivity contribution is 6.42. The zero-order valence-corrected chi connectivity index (χ0v) is 16.3. The van der Waals surface area contributed by atoms with Crippen LogP contribution in [-0.4, -0.2) is 44.1 Å². The topological polar surface area (TPSA) is 84.9 Å². The number of rotatable bonds is 4. The van der Waals surface area contributed by atoms with Gasteiger partial charge in [-0.25, -0.2) is 4.79 Å². The summed E-state index contributed by atoms with van der Waals surface area (Å²) in [6, 6.07) is 11.1. The van der Waals surface area contributed by atoms with Crippen LogP contribution in [0.2, 0.25) is 10.0 Å². The van der Waals surface area contributed by atoms with Crippen molar-refractivity contribution in [2.75, 3.05) is 25.1 Å². The van der Waals surface area contributed by atoms with Gasteiger partial charge in [0, 0.05) is 7.05 Å². The van der Waals surface area contributed by atoms with E-state index in [-0.39, 0.29) is 23.0 Å². The van der Waals surface area contributed by atoms with Gasteiger partial charge in [0.05, 0.1) is 27.8 Å². The number of para-hydroxylation sites is 2. The Bertz CT molecular complexity index is 934. The van der Waals surface area contributed by atoms with Gasteiger partial charge in [0.2, 0.25) is 0 Å². The van der Waals surface area contributed by atoms with Gasteiger partial charge in [-0.05, 0) is 30.3 Å². The molecule has 0 spiro atoms. The van der Waals surface area contributed by atoms with Crippen LogP contribution >= 0.6 is 23.2 Å². The Morgan fingerprint density at radius 1 is 1.18 bits per heavy atom. The van der Waals surface area contributed by atoms with E-state index >= 15 is 0 Å². The minimum absolute atomic E-state index is 0.000155. The number of amides is 2. The zero-order chi connectivity index (χ0) is 20.3. The maximum Gasteiger partial charge on any atom is 0.338 e. The predicted molar refractivity (Wildman–Crippen MR) is 104 cm³/mol. The van der Waals surface area contributed by atoms with Crippen LogP contribution in [0.15, 0.2) is 42.5 Å². The first-order valence-electron chi connectivity index (χ1n) is 8.30. The Morgan fingerprint density at radius 2 is 1.93 bits per heavy atom. The van der Waals surface area contributed by atoms with Gasteiger partial charge in [0.25, 0.3) is 11.8 Å². The molecular weight excluding hydrogens is 407 g/mol. The largest absolute Gasteiger partial charge is 0.477 e. The standard InChI is InChI=1S/C19H16Cl2N2O5/c1-22-18(25)16-9-23(14-4-2-3-5-15(14)28-16)17(24)10-27-19(26)11-6-7-12(20)13(21)8-11/h2-8,16H,9-10H2,1H3,(H,22,25)/t16-/m1/s1. The number of anilines is 1. The van der Waals surface area contributed by atoms with Crippen molar-refractivity contribution in [3.8, 4) is 5.75 Å². The van der Waals surface area contributed by atoms with Crippen molar-refractivity contribution in [3.63, 3.8) is 0 Å². The molecule has 28 heavy (non-hydrogen) atoms. The fraction of sp³-hybridized carbons (Fsp3) is 0.211. The Labute approximate surface area is 171 Å². The molecule has 2 aromatic carbocycles. The van der Waals surface area contributed by atoms with Crippen LogP contribution in [-0.2, 0) is 14.3 Å². The number of ether oxygens (including phenoxy) is 2. The van der Waals surface area contributed by atoms with Crippen LogP contribution in [0.5, 0.6) is 5.75 Å². The third-order valence-electron chi connectivity index (χ3n) is 4.10. The van der Waals surface area contributed by atoms with E-state index in [0.717, 1.165) is 0 Å². The first-order valence-corrected chi connectivity index (χ1v) is 9.06. The van der Waals surface area contributed by atoms with Gasteiger partial charge in [-0.15, -0.1) is 0 Å². The molecule has 1 heterocycles. The molecule has 1 atom stereocenters. The van der Waals surface area contributed by atoms with Crippen LogP contribution < -0.4 is 15.0 Å². The number of halogens is 2. The number of likely N-dealkylation sites (N-methyl/N-ethyl adjacent to an activating group) is 1. The highest BCUT2D eigenvalue weighted by Gasteiger charge is 2.33. The lowest BCUT2D eigenvalue weighted by atomic mass is 10.1. The van der Waals surface area contributed by atoms with E-state index in [4.69, 9.17) is 32.7 Å². The van der Waals surface area contributed by atoms with Crippen LogP contribution in [0.3, 0.4) is 0 Å². The number of fused-ring (bicyclic) bond motifs is 1. The second kappa shape index (κ2) is 8.50. The average Bonchev–Trinajstić information content (AvgIpc) is 2.72. The highest BCUT2D eigenvalue weighted by atomic mass is 35.5. The number of hydrogen-bond donors (Lipinski definition) is 1. The summed E-state index contributed by atoms with van der Waals surface area (Å²) >= 11 is 11.7. The summed E-state index contributed by atoms with van der Waals surface area (Å²) in [5, 5.41) is 3.01. The van der Waals surface area contributed by atoms with E-state index in [2.05, 4.69) is 5.32 Å². The fourth-order valence-electron chi connectivity index (χ4n) is 2.68. The van der Waals surface area contributed by atoms with Crippen LogP contribution in [0, 0.1) is 0 Å². The number of nitrogens with zero attached hydrogens (tertiary/aromatic N) is 1. The monoisotopic (exact) mass is 422 g/mol. The van der Waals surface area contributed by atoms with Gasteiger partial charge in [-0.3, -0.25) is 9.59 Å². The van der Waals surface area contributed by atoms with Crippen LogP contribution in [0.4, 0.5) is 5.69 Å². The summed E-state index contributed by atoms with van der Waals surface area (Å²) in [6.07, 6.45) is -0.866. The zero-order valence-electron chi connectivity index (χ0n) is 14.8. The number of carbonyl (C=O) groups is 3. The SMILES string of the molecule is CNC(=O)[C@H]1CN(C(=O)COC(=O)c2ccc(Cl)c(Cl)c2)c2ccccc2O1. The third kappa shape index (κ3) is 4.21. The Morgan fingerprint density at radius 3 is 2.64 bits per heavy atom. The Balaban J connectivity index is 1.73. The number of esters is 1. The van der Waals surface area contributed by atoms with Crippen LogP contribution in [0.1, 0.15) is 10.4 Å². The van der Waals surface area contributed by atoms with Gasteiger partial charge in [0.15, 0.2) is 12.7 Å². The van der Waals surface area contributed by atoms with E-state index in [1.807, 2.05) is 0 Å². The summed E-state index contributed by atoms with van der Waals surface area (Å²) in [5.74, 6) is -1.17. The molecule has 2 amide bonds. The molecule has 0 saturated heterocycles. The number of carbonyl (C=O) groups excluding carboxylic acids is 3. The Hall–Kier alpha value is -2.77. The van der Waals surface area contributed by atoms with Gasteiger partial charge >= 0.3 is 5.97 Å². The smallest absolute Gasteiger partial charge is 0.338 e. The average molecular weight is 423 g/mol. The van der Waals surface area contributed by atoms with Crippen molar-refractivity contribution in [2.45, 2.75) is 6.10 Å². The van der Waals surface area contributed by atoms with Crippen molar-refractivity contribution in [1.29, 1.82) is 0 Å². The molecule has 2 aromatic rings. The number of benzene rings is 2. The van der Waals surface area contributed by atoms with Crippen molar-refractivity contribution in [2.24, 2.45) is 0 Å². The maximum absolute atomic E-state index is 12.7. The molecular formula is C19H16Cl2N2O5. The van der Waals surface area contributed by atoms with Gasteiger partial charge in [-0.2, -0.15) is 0 Å². The van der Waals surface area contributed by atoms with Gasteiger partial charge in [0.1, 0.15) is 5.75 Å². The molecule has 9 heteroatoms. The lowest BCUT2D eigenvalue weighted by Crippen LogP contribution is -2.51. The Kier molecular flexibility index (Phi) is 6.06. The lowest BCUT2D eigenvalue weighted by Gasteiger charge is -2.33. The lowest BCUT2D eigenvalue weighted by molar-refractivity contribution is -0.128. The third-order valence-corrected chi connectivity index (χ3v) is 4.83. The van der Waals surface area contributed by atoms with E-state index in [0.29, 0.717) is 16.5 Å². The molecule has 1 aliphatic heterocycles. The first kappa shape index (κ1) is 20.0. The molecule has 0 aromatic heterocycles. The molecule has 7 nitrogen and oxygen atoms in total. The molecule has 3 rings (SSSR count). The number of nitrogens with one attached hydrogen (secondary N) is 1. The van der Waals surface area contributed by atoms with E-state index < -0.39 is 24.6 Å². The molecule has 1 N–H and O–H groups in total. The van der Waals surface area contributed by atoms with Crippen LogP contribution in [0.25, 0.3) is 0 Å². The van der Waals surface area contributed by atoms with Crippen molar-refractivity contribution in [3.05, 3.63) is 58.1 Å². The summed E-state index contributed by atoms with van der Waals surface area (Å²) in [6.45, 7) is -0.506. The van der Waals surface area contributed by atoms with Gasteiger partial charge in [-0.1, -0.05) is 35.3 Å². The molecule has 146 valence electrons.